The monoisotopic (exact) mass is 272 g/mol. The summed E-state index contributed by atoms with van der Waals surface area (Å²) < 4.78 is 7.52. The molecule has 4 nitrogen and oxygen atoms in total. The van der Waals surface area contributed by atoms with E-state index in [0.29, 0.717) is 0 Å². The highest BCUT2D eigenvalue weighted by Crippen LogP contribution is 2.38. The maximum atomic E-state index is 11.9. The highest BCUT2D eigenvalue weighted by molar-refractivity contribution is 5.93. The molecule has 2 aromatic rings. The van der Waals surface area contributed by atoms with Crippen molar-refractivity contribution in [3.05, 3.63) is 29.5 Å². The van der Waals surface area contributed by atoms with E-state index in [1.54, 1.807) is 7.11 Å². The molecule has 3 rings (SSSR count). The quantitative estimate of drug-likeness (QED) is 0.854. The summed E-state index contributed by atoms with van der Waals surface area (Å²) in [6.07, 6.45) is 4.01. The van der Waals surface area contributed by atoms with Crippen LogP contribution in [0.1, 0.15) is 36.4 Å². The van der Waals surface area contributed by atoms with E-state index in [2.05, 4.69) is 17.7 Å². The Balaban J connectivity index is 2.31. The zero-order chi connectivity index (χ0) is 14.3. The molecule has 0 spiro atoms. The van der Waals surface area contributed by atoms with Gasteiger partial charge in [-0.3, -0.25) is 4.79 Å². The second-order valence-corrected chi connectivity index (χ2v) is 5.50. The van der Waals surface area contributed by atoms with Crippen molar-refractivity contribution >= 4 is 16.8 Å². The minimum Gasteiger partial charge on any atom is -0.497 e. The van der Waals surface area contributed by atoms with Crippen molar-refractivity contribution in [1.82, 2.24) is 4.57 Å². The molecular weight excluding hydrogens is 252 g/mol. The summed E-state index contributed by atoms with van der Waals surface area (Å²) in [6, 6.07) is 6.04. The van der Waals surface area contributed by atoms with Crippen LogP contribution in [0.25, 0.3) is 10.9 Å². The molecule has 106 valence electrons. The number of rotatable bonds is 2. The van der Waals surface area contributed by atoms with Crippen molar-refractivity contribution in [2.45, 2.75) is 31.6 Å². The van der Waals surface area contributed by atoms with Gasteiger partial charge in [-0.2, -0.15) is 0 Å². The van der Waals surface area contributed by atoms with E-state index in [1.807, 2.05) is 12.1 Å². The average Bonchev–Trinajstić information content (AvgIpc) is 2.63. The van der Waals surface area contributed by atoms with E-state index < -0.39 is 0 Å². The molecule has 1 heterocycles. The summed E-state index contributed by atoms with van der Waals surface area (Å²) in [4.78, 5) is 11.9. The largest absolute Gasteiger partial charge is 0.497 e. The fourth-order valence-corrected chi connectivity index (χ4v) is 3.39. The number of aryl methyl sites for hydroxylation is 1. The minimum atomic E-state index is -0.219. The lowest BCUT2D eigenvalue weighted by atomic mass is 9.93. The number of carbonyl (C=O) groups is 1. The fraction of sp³-hybridized carbons (Fsp3) is 0.438. The second-order valence-electron chi connectivity index (χ2n) is 5.50. The molecule has 4 heteroatoms. The number of nitrogens with two attached hydrogens (primary N) is 1. The first-order valence-corrected chi connectivity index (χ1v) is 7.08. The third kappa shape index (κ3) is 1.87. The van der Waals surface area contributed by atoms with Gasteiger partial charge in [0.25, 0.3) is 0 Å². The summed E-state index contributed by atoms with van der Waals surface area (Å²) in [5.41, 5.74) is 9.15. The van der Waals surface area contributed by atoms with Gasteiger partial charge in [0.15, 0.2) is 0 Å². The Morgan fingerprint density at radius 2 is 2.20 bits per heavy atom. The first kappa shape index (κ1) is 13.0. The SMILES string of the molecule is COc1ccc2c(c1)c1c(n2C)CCCCC1C(N)=O. The molecule has 0 saturated heterocycles. The van der Waals surface area contributed by atoms with Crippen LogP contribution < -0.4 is 10.5 Å². The molecule has 0 radical (unpaired) electrons. The fourth-order valence-electron chi connectivity index (χ4n) is 3.39. The molecule has 1 unspecified atom stereocenters. The molecule has 1 aromatic carbocycles. The maximum Gasteiger partial charge on any atom is 0.225 e. The van der Waals surface area contributed by atoms with E-state index in [4.69, 9.17) is 10.5 Å². The Kier molecular flexibility index (Phi) is 3.16. The molecule has 1 aromatic heterocycles. The molecule has 0 bridgehead atoms. The van der Waals surface area contributed by atoms with Crippen LogP contribution in [0.2, 0.25) is 0 Å². The number of carbonyl (C=O) groups excluding carboxylic acids is 1. The molecule has 1 atom stereocenters. The van der Waals surface area contributed by atoms with Crippen molar-refractivity contribution < 1.29 is 9.53 Å². The molecule has 0 saturated carbocycles. The van der Waals surface area contributed by atoms with Gasteiger partial charge in [-0.15, -0.1) is 0 Å². The average molecular weight is 272 g/mol. The first-order chi connectivity index (χ1) is 9.63. The van der Waals surface area contributed by atoms with Crippen LogP contribution in [0, 0.1) is 0 Å². The maximum absolute atomic E-state index is 11.9. The topological polar surface area (TPSA) is 57.2 Å². The van der Waals surface area contributed by atoms with E-state index in [0.717, 1.165) is 47.9 Å². The van der Waals surface area contributed by atoms with Crippen LogP contribution in [0.3, 0.4) is 0 Å². The van der Waals surface area contributed by atoms with Crippen molar-refractivity contribution in [1.29, 1.82) is 0 Å². The molecule has 20 heavy (non-hydrogen) atoms. The van der Waals surface area contributed by atoms with Gasteiger partial charge in [-0.1, -0.05) is 6.42 Å². The number of ether oxygens (including phenoxy) is 1. The van der Waals surface area contributed by atoms with Gasteiger partial charge in [0, 0.05) is 23.6 Å². The van der Waals surface area contributed by atoms with Gasteiger partial charge in [0.05, 0.1) is 13.0 Å². The van der Waals surface area contributed by atoms with E-state index in [1.165, 1.54) is 5.69 Å². The van der Waals surface area contributed by atoms with Gasteiger partial charge in [-0.25, -0.2) is 0 Å². The normalized spacial score (nSPS) is 18.6. The summed E-state index contributed by atoms with van der Waals surface area (Å²) in [6.45, 7) is 0. The van der Waals surface area contributed by atoms with Crippen LogP contribution in [0.5, 0.6) is 5.75 Å². The van der Waals surface area contributed by atoms with E-state index >= 15 is 0 Å². The molecule has 0 fully saturated rings. The Hall–Kier alpha value is -1.97. The number of aromatic nitrogens is 1. The van der Waals surface area contributed by atoms with Gasteiger partial charge in [0.1, 0.15) is 5.75 Å². The number of primary amides is 1. The molecule has 2 N–H and O–H groups in total. The number of fused-ring (bicyclic) bond motifs is 3. The van der Waals surface area contributed by atoms with Gasteiger partial charge in [0.2, 0.25) is 5.91 Å². The summed E-state index contributed by atoms with van der Waals surface area (Å²) >= 11 is 0. The van der Waals surface area contributed by atoms with Crippen LogP contribution in [-0.2, 0) is 18.3 Å². The summed E-state index contributed by atoms with van der Waals surface area (Å²) in [5, 5.41) is 1.10. The zero-order valence-corrected chi connectivity index (χ0v) is 12.0. The Morgan fingerprint density at radius 1 is 1.40 bits per heavy atom. The molecule has 0 aliphatic heterocycles. The lowest BCUT2D eigenvalue weighted by Gasteiger charge is -2.12. The minimum absolute atomic E-state index is 0.177. The van der Waals surface area contributed by atoms with E-state index in [9.17, 15) is 4.79 Å². The molecule has 1 amide bonds. The number of amides is 1. The zero-order valence-electron chi connectivity index (χ0n) is 12.0. The van der Waals surface area contributed by atoms with Gasteiger partial charge in [-0.05, 0) is 43.0 Å². The van der Waals surface area contributed by atoms with Crippen molar-refractivity contribution in [3.63, 3.8) is 0 Å². The summed E-state index contributed by atoms with van der Waals surface area (Å²) in [7, 11) is 3.73. The lowest BCUT2D eigenvalue weighted by Crippen LogP contribution is -2.21. The Labute approximate surface area is 118 Å². The standard InChI is InChI=1S/C16H20N2O2/c1-18-13-8-7-10(20-2)9-12(13)15-11(16(17)19)5-3-4-6-14(15)18/h7-9,11H,3-6H2,1-2H3,(H2,17,19). The molecule has 1 aliphatic carbocycles. The van der Waals surface area contributed by atoms with Crippen molar-refractivity contribution in [2.75, 3.05) is 7.11 Å². The Morgan fingerprint density at radius 3 is 2.90 bits per heavy atom. The third-order valence-electron chi connectivity index (χ3n) is 4.42. The van der Waals surface area contributed by atoms with Crippen molar-refractivity contribution in [3.8, 4) is 5.75 Å². The third-order valence-corrected chi connectivity index (χ3v) is 4.42. The van der Waals surface area contributed by atoms with Gasteiger partial charge >= 0.3 is 0 Å². The van der Waals surface area contributed by atoms with Crippen LogP contribution >= 0.6 is 0 Å². The number of hydrogen-bond acceptors (Lipinski definition) is 2. The van der Waals surface area contributed by atoms with Crippen molar-refractivity contribution in [2.24, 2.45) is 12.8 Å². The predicted octanol–water partition coefficient (Wildman–Crippen LogP) is 2.48. The number of methoxy groups -OCH3 is 1. The van der Waals surface area contributed by atoms with Crippen LogP contribution in [-0.4, -0.2) is 17.6 Å². The lowest BCUT2D eigenvalue weighted by molar-refractivity contribution is -0.119. The number of nitrogens with zero attached hydrogens (tertiary/aromatic N) is 1. The highest BCUT2D eigenvalue weighted by atomic mass is 16.5. The first-order valence-electron chi connectivity index (χ1n) is 7.08. The van der Waals surface area contributed by atoms with Gasteiger partial charge < -0.3 is 15.0 Å². The van der Waals surface area contributed by atoms with Crippen LogP contribution in [0.4, 0.5) is 0 Å². The molecular formula is C16H20N2O2. The van der Waals surface area contributed by atoms with Crippen LogP contribution in [0.15, 0.2) is 18.2 Å². The van der Waals surface area contributed by atoms with E-state index in [-0.39, 0.29) is 11.8 Å². The smallest absolute Gasteiger partial charge is 0.225 e. The molecule has 1 aliphatic rings. The second kappa shape index (κ2) is 4.85. The number of hydrogen-bond donors (Lipinski definition) is 1. The summed E-state index contributed by atoms with van der Waals surface area (Å²) in [5.74, 6) is 0.421. The Bertz CT molecular complexity index is 673. The highest BCUT2D eigenvalue weighted by Gasteiger charge is 2.28. The number of benzene rings is 1. The predicted molar refractivity (Wildman–Crippen MR) is 79.0 cm³/mol.